The number of imidazole rings is 1. The normalized spacial score (nSPS) is 11.5. The molecule has 0 saturated carbocycles. The van der Waals surface area contributed by atoms with Crippen molar-refractivity contribution in [2.24, 2.45) is 0 Å². The van der Waals surface area contributed by atoms with E-state index >= 15 is 0 Å². The zero-order chi connectivity index (χ0) is 18.6. The number of halogens is 3. The lowest BCUT2D eigenvalue weighted by Gasteiger charge is -2.09. The van der Waals surface area contributed by atoms with Gasteiger partial charge in [0.15, 0.2) is 6.61 Å². The molecule has 9 heteroatoms. The minimum Gasteiger partial charge on any atom is -0.468 e. The number of carbonyl (C=O) groups excluding carboxylic acids is 1. The van der Waals surface area contributed by atoms with E-state index in [0.717, 1.165) is 11.0 Å². The van der Waals surface area contributed by atoms with E-state index < -0.39 is 12.8 Å². The Morgan fingerprint density at radius 3 is 2.69 bits per heavy atom. The van der Waals surface area contributed by atoms with Gasteiger partial charge >= 0.3 is 6.18 Å². The highest BCUT2D eigenvalue weighted by Gasteiger charge is 2.28. The van der Waals surface area contributed by atoms with Crippen LogP contribution in [-0.2, 0) is 11.2 Å². The Morgan fingerprint density at radius 2 is 2.00 bits per heavy atom. The van der Waals surface area contributed by atoms with Gasteiger partial charge in [0.1, 0.15) is 5.82 Å². The molecule has 1 amide bonds. The van der Waals surface area contributed by atoms with Crippen LogP contribution in [0.1, 0.15) is 12.2 Å². The molecule has 136 valence electrons. The predicted octanol–water partition coefficient (Wildman–Crippen LogP) is 3.47. The second-order valence-corrected chi connectivity index (χ2v) is 5.54. The van der Waals surface area contributed by atoms with Crippen molar-refractivity contribution in [3.05, 3.63) is 48.4 Å². The van der Waals surface area contributed by atoms with Crippen LogP contribution in [0.4, 0.5) is 18.9 Å². The average molecular weight is 364 g/mol. The van der Waals surface area contributed by atoms with E-state index in [2.05, 4.69) is 25.0 Å². The number of carbonyl (C=O) groups is 1. The summed E-state index contributed by atoms with van der Waals surface area (Å²) in [5.41, 5.74) is 2.11. The predicted molar refractivity (Wildman–Crippen MR) is 88.8 cm³/mol. The summed E-state index contributed by atoms with van der Waals surface area (Å²) in [4.78, 5) is 23.2. The molecule has 3 rings (SSSR count). The third-order valence-corrected chi connectivity index (χ3v) is 3.43. The van der Waals surface area contributed by atoms with E-state index in [9.17, 15) is 18.0 Å². The number of nitrogens with zero attached hydrogens (tertiary/aromatic N) is 2. The number of aromatic amines is 1. The molecule has 0 aliphatic carbocycles. The number of alkyl halides is 3. The molecule has 3 aromatic rings. The second kappa shape index (κ2) is 7.42. The lowest BCUT2D eigenvalue weighted by molar-refractivity contribution is -0.154. The lowest BCUT2D eigenvalue weighted by atomic mass is 10.3. The van der Waals surface area contributed by atoms with Crippen LogP contribution in [0.3, 0.4) is 0 Å². The fourth-order valence-electron chi connectivity index (χ4n) is 2.27. The first kappa shape index (κ1) is 17.7. The first-order valence-corrected chi connectivity index (χ1v) is 7.78. The van der Waals surface area contributed by atoms with Crippen molar-refractivity contribution >= 4 is 22.6 Å². The number of pyridine rings is 1. The number of hydrogen-bond donors (Lipinski definition) is 2. The zero-order valence-corrected chi connectivity index (χ0v) is 13.5. The first-order valence-electron chi connectivity index (χ1n) is 7.78. The topological polar surface area (TPSA) is 79.9 Å². The van der Waals surface area contributed by atoms with Gasteiger partial charge in [-0.15, -0.1) is 0 Å². The van der Waals surface area contributed by atoms with Crippen LogP contribution < -0.4 is 10.1 Å². The molecule has 2 aromatic heterocycles. The molecule has 0 bridgehead atoms. The van der Waals surface area contributed by atoms with Gasteiger partial charge < -0.3 is 15.0 Å². The van der Waals surface area contributed by atoms with Gasteiger partial charge in [-0.25, -0.2) is 9.97 Å². The summed E-state index contributed by atoms with van der Waals surface area (Å²) < 4.78 is 40.7. The van der Waals surface area contributed by atoms with Crippen LogP contribution in [0.25, 0.3) is 11.0 Å². The largest absolute Gasteiger partial charge is 0.468 e. The summed E-state index contributed by atoms with van der Waals surface area (Å²) in [6.45, 7) is -1.41. The van der Waals surface area contributed by atoms with E-state index in [1.54, 1.807) is 0 Å². The van der Waals surface area contributed by atoms with E-state index in [0.29, 0.717) is 17.9 Å². The van der Waals surface area contributed by atoms with Crippen LogP contribution in [-0.4, -0.2) is 33.6 Å². The number of hydrogen-bond acceptors (Lipinski definition) is 4. The Morgan fingerprint density at radius 1 is 1.19 bits per heavy atom. The maximum Gasteiger partial charge on any atom is 0.422 e. The molecular formula is C17H15F3N4O2. The van der Waals surface area contributed by atoms with Crippen molar-refractivity contribution < 1.29 is 22.7 Å². The Bertz CT molecular complexity index is 858. The van der Waals surface area contributed by atoms with Gasteiger partial charge in [0, 0.05) is 18.9 Å². The molecule has 2 N–H and O–H groups in total. The van der Waals surface area contributed by atoms with Gasteiger partial charge in [0.05, 0.1) is 22.9 Å². The molecule has 0 saturated heterocycles. The van der Waals surface area contributed by atoms with Crippen molar-refractivity contribution in [1.82, 2.24) is 15.0 Å². The number of anilines is 1. The number of benzene rings is 1. The zero-order valence-electron chi connectivity index (χ0n) is 13.5. The van der Waals surface area contributed by atoms with E-state index in [1.165, 1.54) is 18.3 Å². The van der Waals surface area contributed by atoms with Crippen LogP contribution in [0.15, 0.2) is 42.6 Å². The average Bonchev–Trinajstić information content (AvgIpc) is 3.02. The molecule has 0 radical (unpaired) electrons. The third-order valence-electron chi connectivity index (χ3n) is 3.43. The summed E-state index contributed by atoms with van der Waals surface area (Å²) in [5, 5.41) is 2.62. The molecule has 26 heavy (non-hydrogen) atoms. The number of fused-ring (bicyclic) bond motifs is 1. The fraction of sp³-hybridized carbons (Fsp3) is 0.235. The number of nitrogens with one attached hydrogen (secondary N) is 2. The number of H-pyrrole nitrogens is 1. The first-order chi connectivity index (χ1) is 12.4. The van der Waals surface area contributed by atoms with Crippen LogP contribution in [0.5, 0.6) is 5.88 Å². The summed E-state index contributed by atoms with van der Waals surface area (Å²) >= 11 is 0. The highest BCUT2D eigenvalue weighted by atomic mass is 19.4. The van der Waals surface area contributed by atoms with Gasteiger partial charge in [-0.3, -0.25) is 4.79 Å². The maximum atomic E-state index is 12.1. The number of amides is 1. The minimum absolute atomic E-state index is 0.164. The van der Waals surface area contributed by atoms with Gasteiger partial charge in [-0.05, 0) is 18.2 Å². The molecule has 6 nitrogen and oxygen atoms in total. The summed E-state index contributed by atoms with van der Waals surface area (Å²) in [5.74, 6) is 0.286. The van der Waals surface area contributed by atoms with E-state index in [1.807, 2.05) is 24.3 Å². The number of para-hydroxylation sites is 2. The van der Waals surface area contributed by atoms with Crippen molar-refractivity contribution in [3.8, 4) is 5.88 Å². The van der Waals surface area contributed by atoms with Crippen molar-refractivity contribution in [2.45, 2.75) is 19.0 Å². The molecule has 0 spiro atoms. The molecule has 0 aliphatic rings. The van der Waals surface area contributed by atoms with Crippen LogP contribution >= 0.6 is 0 Å². The minimum atomic E-state index is -4.43. The highest BCUT2D eigenvalue weighted by molar-refractivity contribution is 5.90. The SMILES string of the molecule is O=C(CCc1nc2ccccc2[nH]1)Nc1ccc(OCC(F)(F)F)nc1. The highest BCUT2D eigenvalue weighted by Crippen LogP contribution is 2.18. The summed E-state index contributed by atoms with van der Waals surface area (Å²) in [7, 11) is 0. The fourth-order valence-corrected chi connectivity index (χ4v) is 2.27. The van der Waals surface area contributed by atoms with Gasteiger partial charge in [0.25, 0.3) is 0 Å². The molecule has 0 atom stereocenters. The molecule has 1 aromatic carbocycles. The Kier molecular flexibility index (Phi) is 5.06. The number of rotatable bonds is 6. The van der Waals surface area contributed by atoms with Crippen LogP contribution in [0, 0.1) is 0 Å². The Balaban J connectivity index is 1.49. The smallest absolute Gasteiger partial charge is 0.422 e. The van der Waals surface area contributed by atoms with Gasteiger partial charge in [-0.1, -0.05) is 12.1 Å². The number of ether oxygens (including phenoxy) is 1. The second-order valence-electron chi connectivity index (χ2n) is 5.54. The van der Waals surface area contributed by atoms with Crippen LogP contribution in [0.2, 0.25) is 0 Å². The number of aryl methyl sites for hydroxylation is 1. The van der Waals surface area contributed by atoms with E-state index in [4.69, 9.17) is 0 Å². The maximum absolute atomic E-state index is 12.1. The van der Waals surface area contributed by atoms with Gasteiger partial charge in [-0.2, -0.15) is 13.2 Å². The quantitative estimate of drug-likeness (QED) is 0.702. The standard InChI is InChI=1S/C17H15F3N4O2/c18-17(19,20)10-26-16-8-5-11(9-21-16)22-15(25)7-6-14-23-12-3-1-2-4-13(12)24-14/h1-5,8-9H,6-7,10H2,(H,22,25)(H,23,24). The monoisotopic (exact) mass is 364 g/mol. The number of aromatic nitrogens is 3. The molecule has 0 unspecified atom stereocenters. The van der Waals surface area contributed by atoms with Crippen molar-refractivity contribution in [3.63, 3.8) is 0 Å². The van der Waals surface area contributed by atoms with Gasteiger partial charge in [0.2, 0.25) is 11.8 Å². The molecule has 0 aliphatic heterocycles. The Labute approximate surface area is 146 Å². The summed E-state index contributed by atoms with van der Waals surface area (Å²) in [6.07, 6.45) is -2.55. The molecular weight excluding hydrogens is 349 g/mol. The Hall–Kier alpha value is -3.10. The summed E-state index contributed by atoms with van der Waals surface area (Å²) in [6, 6.07) is 10.3. The van der Waals surface area contributed by atoms with Crippen molar-refractivity contribution in [2.75, 3.05) is 11.9 Å². The molecule has 2 heterocycles. The van der Waals surface area contributed by atoms with E-state index in [-0.39, 0.29) is 18.2 Å². The molecule has 0 fully saturated rings. The van der Waals surface area contributed by atoms with Crippen molar-refractivity contribution in [1.29, 1.82) is 0 Å². The lowest BCUT2D eigenvalue weighted by Crippen LogP contribution is -2.19. The third kappa shape index (κ3) is 4.95.